The second-order valence-corrected chi connectivity index (χ2v) is 4.64. The zero-order valence-corrected chi connectivity index (χ0v) is 11.3. The highest BCUT2D eigenvalue weighted by molar-refractivity contribution is 9.10. The molecule has 0 saturated heterocycles. The lowest BCUT2D eigenvalue weighted by molar-refractivity contribution is 0.414. The number of halogens is 1. The van der Waals surface area contributed by atoms with Gasteiger partial charge in [-0.25, -0.2) is 4.98 Å². The van der Waals surface area contributed by atoms with Crippen molar-refractivity contribution < 1.29 is 4.74 Å². The number of methoxy groups -OCH3 is 1. The van der Waals surface area contributed by atoms with Crippen molar-refractivity contribution in [1.82, 2.24) is 9.97 Å². The fraction of sp³-hybridized carbons (Fsp3) is 0.250. The highest BCUT2D eigenvalue weighted by atomic mass is 79.9. The second kappa shape index (κ2) is 5.23. The van der Waals surface area contributed by atoms with Crippen molar-refractivity contribution in [2.75, 3.05) is 12.4 Å². The second-order valence-electron chi connectivity index (χ2n) is 3.73. The number of aromatic amines is 1. The van der Waals surface area contributed by atoms with Gasteiger partial charge in [-0.05, 0) is 19.1 Å². The zero-order valence-electron chi connectivity index (χ0n) is 9.75. The number of benzene rings is 1. The summed E-state index contributed by atoms with van der Waals surface area (Å²) in [5, 5.41) is 3.31. The normalized spacial score (nSPS) is 10.3. The van der Waals surface area contributed by atoms with E-state index in [2.05, 4.69) is 31.2 Å². The third-order valence-corrected chi connectivity index (χ3v) is 2.80. The lowest BCUT2D eigenvalue weighted by atomic mass is 10.3. The minimum atomic E-state index is 0.709. The standard InChI is InChI=1S/C12H14BrN3O/c1-8-14-6-11(16-8)7-15-10-3-9(13)4-12(5-10)17-2/h3-6,15H,7H2,1-2H3,(H,14,16). The molecule has 17 heavy (non-hydrogen) atoms. The van der Waals surface area contributed by atoms with Gasteiger partial charge in [0.2, 0.25) is 0 Å². The molecule has 0 fully saturated rings. The molecule has 4 nitrogen and oxygen atoms in total. The molecule has 0 aliphatic heterocycles. The molecule has 2 N–H and O–H groups in total. The largest absolute Gasteiger partial charge is 0.497 e. The number of imidazole rings is 1. The average Bonchev–Trinajstić information content (AvgIpc) is 2.72. The number of hydrogen-bond donors (Lipinski definition) is 2. The van der Waals surface area contributed by atoms with Gasteiger partial charge in [0.05, 0.1) is 25.5 Å². The maximum absolute atomic E-state index is 5.20. The van der Waals surface area contributed by atoms with Gasteiger partial charge in [-0.15, -0.1) is 0 Å². The summed E-state index contributed by atoms with van der Waals surface area (Å²) in [5.41, 5.74) is 2.06. The van der Waals surface area contributed by atoms with Gasteiger partial charge in [0.15, 0.2) is 0 Å². The van der Waals surface area contributed by atoms with Crippen LogP contribution in [0.3, 0.4) is 0 Å². The molecule has 90 valence electrons. The Balaban J connectivity index is 2.05. The van der Waals surface area contributed by atoms with Crippen molar-refractivity contribution in [1.29, 1.82) is 0 Å². The lowest BCUT2D eigenvalue weighted by Gasteiger charge is -2.08. The SMILES string of the molecule is COc1cc(Br)cc(NCc2cnc(C)[nH]2)c1. The number of aromatic nitrogens is 2. The first kappa shape index (κ1) is 12.0. The van der Waals surface area contributed by atoms with Gasteiger partial charge >= 0.3 is 0 Å². The van der Waals surface area contributed by atoms with Gasteiger partial charge in [-0.1, -0.05) is 15.9 Å². The van der Waals surface area contributed by atoms with E-state index in [1.54, 1.807) is 7.11 Å². The fourth-order valence-corrected chi connectivity index (χ4v) is 2.01. The number of nitrogens with one attached hydrogen (secondary N) is 2. The summed E-state index contributed by atoms with van der Waals surface area (Å²) in [6, 6.07) is 5.88. The molecule has 0 spiro atoms. The quantitative estimate of drug-likeness (QED) is 0.911. The highest BCUT2D eigenvalue weighted by Crippen LogP contribution is 2.24. The first-order chi connectivity index (χ1) is 8.17. The average molecular weight is 296 g/mol. The van der Waals surface area contributed by atoms with Crippen LogP contribution in [0.25, 0.3) is 0 Å². The van der Waals surface area contributed by atoms with Crippen molar-refractivity contribution in [2.24, 2.45) is 0 Å². The summed E-state index contributed by atoms with van der Waals surface area (Å²) >= 11 is 3.44. The van der Waals surface area contributed by atoms with Gasteiger partial charge in [0, 0.05) is 16.2 Å². The summed E-state index contributed by atoms with van der Waals surface area (Å²) in [6.45, 7) is 2.64. The smallest absolute Gasteiger partial charge is 0.122 e. The van der Waals surface area contributed by atoms with Crippen LogP contribution in [-0.4, -0.2) is 17.1 Å². The molecule has 1 heterocycles. The van der Waals surface area contributed by atoms with Crippen LogP contribution in [0.5, 0.6) is 5.75 Å². The minimum absolute atomic E-state index is 0.709. The Bertz CT molecular complexity index is 510. The first-order valence-electron chi connectivity index (χ1n) is 5.26. The molecule has 0 aliphatic rings. The van der Waals surface area contributed by atoms with Gasteiger partial charge < -0.3 is 15.0 Å². The van der Waals surface area contributed by atoms with E-state index in [1.165, 1.54) is 0 Å². The van der Waals surface area contributed by atoms with Gasteiger partial charge in [0.1, 0.15) is 11.6 Å². The van der Waals surface area contributed by atoms with Crippen LogP contribution < -0.4 is 10.1 Å². The van der Waals surface area contributed by atoms with Crippen molar-refractivity contribution in [3.05, 3.63) is 40.4 Å². The summed E-state index contributed by atoms with van der Waals surface area (Å²) in [6.07, 6.45) is 1.83. The molecule has 0 saturated carbocycles. The van der Waals surface area contributed by atoms with E-state index in [1.807, 2.05) is 31.3 Å². The molecular formula is C12H14BrN3O. The molecule has 0 radical (unpaired) electrons. The molecule has 0 bridgehead atoms. The van der Waals surface area contributed by atoms with Crippen molar-refractivity contribution in [3.8, 4) is 5.75 Å². The molecule has 2 rings (SSSR count). The number of nitrogens with zero attached hydrogens (tertiary/aromatic N) is 1. The van der Waals surface area contributed by atoms with E-state index < -0.39 is 0 Å². The van der Waals surface area contributed by atoms with E-state index in [0.717, 1.165) is 27.4 Å². The third kappa shape index (κ3) is 3.23. The monoisotopic (exact) mass is 295 g/mol. The molecular weight excluding hydrogens is 282 g/mol. The number of aryl methyl sites for hydroxylation is 1. The van der Waals surface area contributed by atoms with E-state index in [4.69, 9.17) is 4.74 Å². The molecule has 0 amide bonds. The molecule has 2 aromatic rings. The fourth-order valence-electron chi connectivity index (χ4n) is 1.54. The minimum Gasteiger partial charge on any atom is -0.497 e. The van der Waals surface area contributed by atoms with Crippen LogP contribution in [-0.2, 0) is 6.54 Å². The number of ether oxygens (including phenoxy) is 1. The Morgan fingerprint density at radius 1 is 1.41 bits per heavy atom. The Hall–Kier alpha value is -1.49. The van der Waals surface area contributed by atoms with Crippen LogP contribution in [0.1, 0.15) is 11.5 Å². The predicted molar refractivity (Wildman–Crippen MR) is 71.3 cm³/mol. The van der Waals surface area contributed by atoms with Crippen LogP contribution in [0.4, 0.5) is 5.69 Å². The van der Waals surface area contributed by atoms with Gasteiger partial charge in [0.25, 0.3) is 0 Å². The molecule has 1 aromatic heterocycles. The Morgan fingerprint density at radius 2 is 2.24 bits per heavy atom. The molecule has 0 aliphatic carbocycles. The molecule has 0 atom stereocenters. The first-order valence-corrected chi connectivity index (χ1v) is 6.05. The third-order valence-electron chi connectivity index (χ3n) is 2.35. The number of hydrogen-bond acceptors (Lipinski definition) is 3. The van der Waals surface area contributed by atoms with E-state index in [-0.39, 0.29) is 0 Å². The maximum atomic E-state index is 5.20. The Kier molecular flexibility index (Phi) is 3.68. The Labute approximate surface area is 109 Å². The van der Waals surface area contributed by atoms with E-state index in [9.17, 15) is 0 Å². The Morgan fingerprint density at radius 3 is 2.88 bits per heavy atom. The van der Waals surface area contributed by atoms with Crippen LogP contribution in [0, 0.1) is 6.92 Å². The predicted octanol–water partition coefficient (Wildman–Crippen LogP) is 3.10. The molecule has 1 aromatic carbocycles. The topological polar surface area (TPSA) is 49.9 Å². The van der Waals surface area contributed by atoms with E-state index in [0.29, 0.717) is 6.54 Å². The lowest BCUT2D eigenvalue weighted by Crippen LogP contribution is -2.00. The van der Waals surface area contributed by atoms with Crippen molar-refractivity contribution in [2.45, 2.75) is 13.5 Å². The zero-order chi connectivity index (χ0) is 12.3. The van der Waals surface area contributed by atoms with E-state index >= 15 is 0 Å². The number of anilines is 1. The summed E-state index contributed by atoms with van der Waals surface area (Å²) < 4.78 is 6.19. The van der Waals surface area contributed by atoms with Crippen molar-refractivity contribution in [3.63, 3.8) is 0 Å². The summed E-state index contributed by atoms with van der Waals surface area (Å²) in [5.74, 6) is 1.75. The maximum Gasteiger partial charge on any atom is 0.122 e. The van der Waals surface area contributed by atoms with Crippen LogP contribution >= 0.6 is 15.9 Å². The van der Waals surface area contributed by atoms with Crippen LogP contribution in [0.15, 0.2) is 28.9 Å². The highest BCUT2D eigenvalue weighted by Gasteiger charge is 2.01. The van der Waals surface area contributed by atoms with Crippen molar-refractivity contribution >= 4 is 21.6 Å². The van der Waals surface area contributed by atoms with Gasteiger partial charge in [-0.3, -0.25) is 0 Å². The summed E-state index contributed by atoms with van der Waals surface area (Å²) in [7, 11) is 1.66. The number of rotatable bonds is 4. The molecule has 0 unspecified atom stereocenters. The van der Waals surface area contributed by atoms with Gasteiger partial charge in [-0.2, -0.15) is 0 Å². The molecule has 5 heteroatoms. The summed E-state index contributed by atoms with van der Waals surface area (Å²) in [4.78, 5) is 7.32. The van der Waals surface area contributed by atoms with Crippen LogP contribution in [0.2, 0.25) is 0 Å². The number of H-pyrrole nitrogens is 1.